The van der Waals surface area contributed by atoms with Crippen molar-refractivity contribution in [3.8, 4) is 0 Å². The van der Waals surface area contributed by atoms with Crippen LogP contribution in [-0.2, 0) is 28.5 Å². The second kappa shape index (κ2) is 39.0. The van der Waals surface area contributed by atoms with E-state index in [1.165, 1.54) is 77.0 Å². The summed E-state index contributed by atoms with van der Waals surface area (Å²) in [6, 6.07) is 0. The molecule has 0 rings (SSSR count). The molecule has 0 fully saturated rings. The third-order valence-electron chi connectivity index (χ3n) is 8.71. The second-order valence-electron chi connectivity index (χ2n) is 14.2. The lowest BCUT2D eigenvalue weighted by Crippen LogP contribution is -2.28. The largest absolute Gasteiger partial charge is 0.463 e. The molecule has 0 aromatic heterocycles. The monoisotopic (exact) mass is 717 g/mol. The van der Waals surface area contributed by atoms with E-state index in [0.29, 0.717) is 26.1 Å². The lowest BCUT2D eigenvalue weighted by Gasteiger charge is -2.20. The summed E-state index contributed by atoms with van der Waals surface area (Å²) in [7, 11) is 0. The van der Waals surface area contributed by atoms with Gasteiger partial charge in [-0.25, -0.2) is 0 Å². The summed E-state index contributed by atoms with van der Waals surface area (Å²) in [6.07, 6.45) is 44.1. The molecule has 3 unspecified atom stereocenters. The van der Waals surface area contributed by atoms with Gasteiger partial charge < -0.3 is 18.9 Å². The minimum Gasteiger partial charge on any atom is -0.463 e. The Morgan fingerprint density at radius 2 is 0.804 bits per heavy atom. The fourth-order valence-electron chi connectivity index (χ4n) is 5.46. The number of hydrogen-bond donors (Lipinski definition) is 0. The van der Waals surface area contributed by atoms with Crippen molar-refractivity contribution in [3.05, 3.63) is 48.6 Å². The van der Waals surface area contributed by atoms with Gasteiger partial charge in [-0.1, -0.05) is 127 Å². The zero-order chi connectivity index (χ0) is 37.5. The van der Waals surface area contributed by atoms with Gasteiger partial charge in [0, 0.05) is 12.8 Å². The van der Waals surface area contributed by atoms with Crippen molar-refractivity contribution in [2.45, 2.75) is 207 Å². The third kappa shape index (κ3) is 38.9. The molecule has 3 atom stereocenters. The van der Waals surface area contributed by atoms with Crippen LogP contribution in [0.4, 0.5) is 0 Å². The number of hydrogen-bond acceptors (Lipinski definition) is 6. The van der Waals surface area contributed by atoms with Gasteiger partial charge in [0.15, 0.2) is 0 Å². The lowest BCUT2D eigenvalue weighted by atomic mass is 10.1. The quantitative estimate of drug-likeness (QED) is 0.0362. The number of carbonyl (C=O) groups excluding carboxylic acids is 2. The van der Waals surface area contributed by atoms with E-state index >= 15 is 0 Å². The first-order valence-electron chi connectivity index (χ1n) is 21.1. The molecule has 0 radical (unpaired) electrons. The van der Waals surface area contributed by atoms with E-state index < -0.39 is 0 Å². The third-order valence-corrected chi connectivity index (χ3v) is 8.71. The van der Waals surface area contributed by atoms with E-state index in [2.05, 4.69) is 62.5 Å². The standard InChI is InChI=1S/C45H80O6/c1-6-8-10-12-14-16-18-20-22-24-26-28-30-32-34-36-44(46)50-39-42(4)48-38-41(3)49-40-43(5)51-45(47)37-35-33-31-29-27-25-23-21-19-17-15-13-11-9-7-2/h14-17,20-23,41-43H,6-13,18-19,24-40H2,1-5H3. The first-order valence-corrected chi connectivity index (χ1v) is 21.1. The van der Waals surface area contributed by atoms with Crippen molar-refractivity contribution in [3.63, 3.8) is 0 Å². The molecule has 0 N–H and O–H groups in total. The number of unbranched alkanes of at least 4 members (excludes halogenated alkanes) is 16. The average Bonchev–Trinajstić information content (AvgIpc) is 3.12. The van der Waals surface area contributed by atoms with Crippen LogP contribution in [0.25, 0.3) is 0 Å². The highest BCUT2D eigenvalue weighted by molar-refractivity contribution is 5.69. The first kappa shape index (κ1) is 48.8. The maximum absolute atomic E-state index is 12.2. The van der Waals surface area contributed by atoms with Gasteiger partial charge in [0.1, 0.15) is 12.7 Å². The van der Waals surface area contributed by atoms with Crippen molar-refractivity contribution < 1.29 is 28.5 Å². The summed E-state index contributed by atoms with van der Waals surface area (Å²) in [5.41, 5.74) is 0. The van der Waals surface area contributed by atoms with Gasteiger partial charge in [-0.15, -0.1) is 0 Å². The molecule has 0 aliphatic rings. The molecule has 296 valence electrons. The van der Waals surface area contributed by atoms with E-state index in [4.69, 9.17) is 18.9 Å². The molecule has 0 spiro atoms. The SMILES string of the molecule is CCCCCC=CCC=CCCCCCCCC(=O)OCC(C)OCC(C)OCC(C)OC(=O)CCCCCCCC=CCC=CCCCCC. The second-order valence-corrected chi connectivity index (χ2v) is 14.2. The Morgan fingerprint density at radius 3 is 1.27 bits per heavy atom. The molecule has 0 heterocycles. The molecular weight excluding hydrogens is 636 g/mol. The summed E-state index contributed by atoms with van der Waals surface area (Å²) in [4.78, 5) is 24.3. The van der Waals surface area contributed by atoms with Crippen LogP contribution in [0.3, 0.4) is 0 Å². The van der Waals surface area contributed by atoms with Crippen molar-refractivity contribution >= 4 is 11.9 Å². The van der Waals surface area contributed by atoms with Gasteiger partial charge in [-0.2, -0.15) is 0 Å². The van der Waals surface area contributed by atoms with E-state index in [-0.39, 0.29) is 36.9 Å². The molecule has 0 saturated heterocycles. The van der Waals surface area contributed by atoms with E-state index in [0.717, 1.165) is 64.2 Å². The summed E-state index contributed by atoms with van der Waals surface area (Å²) < 4.78 is 22.6. The number of ether oxygens (including phenoxy) is 4. The Bertz CT molecular complexity index is 891. The fraction of sp³-hybridized carbons (Fsp3) is 0.778. The fourth-order valence-corrected chi connectivity index (χ4v) is 5.46. The van der Waals surface area contributed by atoms with Crippen LogP contribution in [0.15, 0.2) is 48.6 Å². The normalized spacial score (nSPS) is 13.9. The number of carbonyl (C=O) groups is 2. The van der Waals surface area contributed by atoms with E-state index in [9.17, 15) is 9.59 Å². The topological polar surface area (TPSA) is 71.1 Å². The van der Waals surface area contributed by atoms with Gasteiger partial charge in [-0.05, 0) is 97.8 Å². The molecule has 0 saturated carbocycles. The van der Waals surface area contributed by atoms with Crippen molar-refractivity contribution in [2.24, 2.45) is 0 Å². The van der Waals surface area contributed by atoms with Gasteiger partial charge in [0.05, 0.1) is 25.4 Å². The van der Waals surface area contributed by atoms with Crippen LogP contribution in [0.1, 0.15) is 189 Å². The highest BCUT2D eigenvalue weighted by atomic mass is 16.6. The summed E-state index contributed by atoms with van der Waals surface area (Å²) >= 11 is 0. The van der Waals surface area contributed by atoms with Gasteiger partial charge in [0.25, 0.3) is 0 Å². The zero-order valence-corrected chi connectivity index (χ0v) is 33.9. The molecule has 0 aromatic carbocycles. The maximum Gasteiger partial charge on any atom is 0.306 e. The molecule has 0 bridgehead atoms. The lowest BCUT2D eigenvalue weighted by molar-refractivity contribution is -0.154. The molecule has 6 nitrogen and oxygen atoms in total. The van der Waals surface area contributed by atoms with Gasteiger partial charge in [-0.3, -0.25) is 9.59 Å². The van der Waals surface area contributed by atoms with Crippen LogP contribution in [0, 0.1) is 0 Å². The zero-order valence-electron chi connectivity index (χ0n) is 33.9. The Balaban J connectivity index is 3.66. The molecule has 6 heteroatoms. The van der Waals surface area contributed by atoms with Crippen LogP contribution >= 0.6 is 0 Å². The van der Waals surface area contributed by atoms with Crippen molar-refractivity contribution in [1.29, 1.82) is 0 Å². The molecule has 0 aliphatic carbocycles. The smallest absolute Gasteiger partial charge is 0.306 e. The van der Waals surface area contributed by atoms with Gasteiger partial charge >= 0.3 is 11.9 Å². The van der Waals surface area contributed by atoms with Crippen molar-refractivity contribution in [2.75, 3.05) is 19.8 Å². The Labute approximate surface area is 315 Å². The number of esters is 2. The first-order chi connectivity index (χ1) is 24.9. The molecule has 51 heavy (non-hydrogen) atoms. The molecule has 0 amide bonds. The van der Waals surface area contributed by atoms with Gasteiger partial charge in [0.2, 0.25) is 0 Å². The Kier molecular flexibility index (Phi) is 37.4. The van der Waals surface area contributed by atoms with E-state index in [1.54, 1.807) is 0 Å². The minimum absolute atomic E-state index is 0.154. The predicted molar refractivity (Wildman–Crippen MR) is 216 cm³/mol. The summed E-state index contributed by atoms with van der Waals surface area (Å²) in [6.45, 7) is 11.1. The number of allylic oxidation sites excluding steroid dienone is 8. The highest BCUT2D eigenvalue weighted by Crippen LogP contribution is 2.11. The van der Waals surface area contributed by atoms with Crippen molar-refractivity contribution in [1.82, 2.24) is 0 Å². The summed E-state index contributed by atoms with van der Waals surface area (Å²) in [5, 5.41) is 0. The average molecular weight is 717 g/mol. The minimum atomic E-state index is -0.300. The molecule has 0 aromatic rings. The predicted octanol–water partition coefficient (Wildman–Crippen LogP) is 12.9. The Hall–Kier alpha value is -2.18. The van der Waals surface area contributed by atoms with E-state index in [1.807, 2.05) is 20.8 Å². The van der Waals surface area contributed by atoms with Crippen LogP contribution < -0.4 is 0 Å². The van der Waals surface area contributed by atoms with Crippen LogP contribution in [0.5, 0.6) is 0 Å². The highest BCUT2D eigenvalue weighted by Gasteiger charge is 2.14. The van der Waals surface area contributed by atoms with Crippen LogP contribution in [-0.4, -0.2) is 50.1 Å². The number of rotatable bonds is 37. The summed E-state index contributed by atoms with van der Waals surface area (Å²) in [5.74, 6) is -0.313. The molecule has 0 aliphatic heterocycles. The molecular formula is C45H80O6. The van der Waals surface area contributed by atoms with Crippen LogP contribution in [0.2, 0.25) is 0 Å². The Morgan fingerprint density at radius 1 is 0.431 bits per heavy atom. The maximum atomic E-state index is 12.2.